The van der Waals surface area contributed by atoms with Crippen molar-refractivity contribution in [3.63, 3.8) is 0 Å². The van der Waals surface area contributed by atoms with Crippen LogP contribution in [0.15, 0.2) is 116 Å². The Kier molecular flexibility index (Phi) is 13.4. The Morgan fingerprint density at radius 1 is 1.07 bits per heavy atom. The van der Waals surface area contributed by atoms with Gasteiger partial charge >= 0.3 is 0 Å². The van der Waals surface area contributed by atoms with Crippen LogP contribution in [-0.2, 0) is 0 Å². The monoisotopic (exact) mass is 560 g/mol. The zero-order valence-corrected chi connectivity index (χ0v) is 26.0. The van der Waals surface area contributed by atoms with Gasteiger partial charge in [0.15, 0.2) is 0 Å². The van der Waals surface area contributed by atoms with Crippen molar-refractivity contribution in [3.8, 4) is 0 Å². The fraction of sp³-hybridized carbons (Fsp3) is 0.263. The number of hydrogen-bond donors (Lipinski definition) is 0. The molecule has 0 fully saturated rings. The van der Waals surface area contributed by atoms with Gasteiger partial charge in [-0.05, 0) is 61.3 Å². The SMILES string of the molecule is C=C/C=C\c1c(C)c2ccccc2c2nc(C(/C=C\C)=C/CC3C/C=C\CC(=C)/C=C\C=C/CSC3)cnc12.CC. The smallest absolute Gasteiger partial charge is 0.0978 e. The van der Waals surface area contributed by atoms with Gasteiger partial charge in [-0.2, -0.15) is 11.8 Å². The van der Waals surface area contributed by atoms with Crippen LogP contribution in [0.2, 0.25) is 0 Å². The second-order valence-corrected chi connectivity index (χ2v) is 10.9. The average Bonchev–Trinajstić information content (AvgIpc) is 3.02. The molecule has 0 bridgehead atoms. The maximum absolute atomic E-state index is 5.21. The molecule has 0 amide bonds. The van der Waals surface area contributed by atoms with Gasteiger partial charge in [0, 0.05) is 16.7 Å². The van der Waals surface area contributed by atoms with Crippen molar-refractivity contribution in [2.45, 2.75) is 47.0 Å². The van der Waals surface area contributed by atoms with Crippen molar-refractivity contribution in [1.29, 1.82) is 0 Å². The third-order valence-electron chi connectivity index (χ3n) is 6.89. The van der Waals surface area contributed by atoms with Gasteiger partial charge in [-0.1, -0.05) is 130 Å². The van der Waals surface area contributed by atoms with Crippen LogP contribution in [0.5, 0.6) is 0 Å². The molecule has 2 nitrogen and oxygen atoms in total. The molecule has 0 saturated heterocycles. The molecular formula is C38H44N2S. The maximum Gasteiger partial charge on any atom is 0.0978 e. The predicted molar refractivity (Wildman–Crippen MR) is 186 cm³/mol. The van der Waals surface area contributed by atoms with E-state index < -0.39 is 0 Å². The van der Waals surface area contributed by atoms with E-state index in [1.54, 1.807) is 6.08 Å². The van der Waals surface area contributed by atoms with Crippen molar-refractivity contribution in [3.05, 3.63) is 133 Å². The first kappa shape index (κ1) is 31.8. The number of benzene rings is 2. The number of hydrogen-bond acceptors (Lipinski definition) is 3. The Balaban J connectivity index is 0.00000226. The van der Waals surface area contributed by atoms with E-state index in [4.69, 9.17) is 9.97 Å². The number of fused-ring (bicyclic) bond motifs is 3. The molecule has 0 spiro atoms. The van der Waals surface area contributed by atoms with Crippen LogP contribution in [0.3, 0.4) is 0 Å². The minimum Gasteiger partial charge on any atom is -0.252 e. The van der Waals surface area contributed by atoms with Crippen LogP contribution in [-0.4, -0.2) is 21.5 Å². The number of allylic oxidation sites excluding steroid dienone is 12. The summed E-state index contributed by atoms with van der Waals surface area (Å²) in [6, 6.07) is 8.49. The Morgan fingerprint density at radius 3 is 2.66 bits per heavy atom. The Morgan fingerprint density at radius 2 is 1.88 bits per heavy atom. The zero-order valence-electron chi connectivity index (χ0n) is 25.1. The van der Waals surface area contributed by atoms with E-state index in [-0.39, 0.29) is 0 Å². The van der Waals surface area contributed by atoms with E-state index in [1.807, 2.05) is 37.9 Å². The van der Waals surface area contributed by atoms with Crippen molar-refractivity contribution in [1.82, 2.24) is 9.97 Å². The zero-order chi connectivity index (χ0) is 29.5. The second kappa shape index (κ2) is 17.2. The summed E-state index contributed by atoms with van der Waals surface area (Å²) >= 11 is 1.99. The van der Waals surface area contributed by atoms with Crippen molar-refractivity contribution < 1.29 is 0 Å². The van der Waals surface area contributed by atoms with Crippen LogP contribution < -0.4 is 0 Å². The van der Waals surface area contributed by atoms with Crippen LogP contribution >= 0.6 is 11.8 Å². The standard InChI is InChI=1S/C36H38N2S.C2H6/c1-5-7-19-32-28(4)31-20-12-13-21-33(31)36-35(32)37-25-34(38-36)30(15-6-2)23-22-29-18-11-10-17-27(3)16-9-8-14-24-39-26-29;1-2/h5-16,19-21,23,25,29H,1,3,17-18,22,24,26H2,2,4H3;1-2H3/b11-10-,14-8-,15-6-,16-9-,19-7-,30-23+;. The minimum absolute atomic E-state index is 0.550. The first-order chi connectivity index (χ1) is 20.1. The molecule has 41 heavy (non-hydrogen) atoms. The van der Waals surface area contributed by atoms with E-state index in [1.165, 1.54) is 10.9 Å². The second-order valence-electron chi connectivity index (χ2n) is 9.79. The van der Waals surface area contributed by atoms with Gasteiger partial charge in [-0.25, -0.2) is 4.98 Å². The van der Waals surface area contributed by atoms with Crippen molar-refractivity contribution in [2.75, 3.05) is 11.5 Å². The topological polar surface area (TPSA) is 25.8 Å². The molecule has 3 aromatic rings. The summed E-state index contributed by atoms with van der Waals surface area (Å²) in [5.41, 5.74) is 7.33. The summed E-state index contributed by atoms with van der Waals surface area (Å²) in [6.45, 7) is 16.2. The lowest BCUT2D eigenvalue weighted by Gasteiger charge is -2.14. The Hall–Kier alpha value is -3.69. The normalized spacial score (nSPS) is 19.3. The molecule has 0 aliphatic carbocycles. The molecule has 1 atom stereocenters. The van der Waals surface area contributed by atoms with Gasteiger partial charge in [0.05, 0.1) is 22.9 Å². The molecule has 0 saturated carbocycles. The number of nitrogens with zero attached hydrogens (tertiary/aromatic N) is 2. The van der Waals surface area contributed by atoms with Gasteiger partial charge in [0.1, 0.15) is 0 Å². The summed E-state index contributed by atoms with van der Waals surface area (Å²) in [6.07, 6.45) is 30.4. The number of aromatic nitrogens is 2. The lowest BCUT2D eigenvalue weighted by molar-refractivity contribution is 0.614. The summed E-state index contributed by atoms with van der Waals surface area (Å²) in [4.78, 5) is 10.2. The molecule has 212 valence electrons. The van der Waals surface area contributed by atoms with Crippen molar-refractivity contribution >= 4 is 45.2 Å². The summed E-state index contributed by atoms with van der Waals surface area (Å²) in [5.74, 6) is 2.69. The molecule has 0 N–H and O–H groups in total. The third kappa shape index (κ3) is 8.90. The fourth-order valence-electron chi connectivity index (χ4n) is 4.80. The van der Waals surface area contributed by atoms with Crippen LogP contribution in [0.4, 0.5) is 0 Å². The van der Waals surface area contributed by atoms with Crippen LogP contribution in [0.1, 0.15) is 56.9 Å². The fourth-order valence-corrected chi connectivity index (χ4v) is 5.79. The molecule has 0 radical (unpaired) electrons. The van der Waals surface area contributed by atoms with Gasteiger partial charge in [-0.3, -0.25) is 4.98 Å². The first-order valence-electron chi connectivity index (χ1n) is 14.7. The van der Waals surface area contributed by atoms with E-state index in [0.717, 1.165) is 69.6 Å². The van der Waals surface area contributed by atoms with E-state index >= 15 is 0 Å². The summed E-state index contributed by atoms with van der Waals surface area (Å²) in [7, 11) is 0. The molecular weight excluding hydrogens is 516 g/mol. The third-order valence-corrected chi connectivity index (χ3v) is 8.03. The van der Waals surface area contributed by atoms with E-state index in [0.29, 0.717) is 5.92 Å². The van der Waals surface area contributed by atoms with E-state index in [9.17, 15) is 0 Å². The molecule has 1 aliphatic rings. The lowest BCUT2D eigenvalue weighted by Crippen LogP contribution is -2.03. The van der Waals surface area contributed by atoms with Gasteiger partial charge < -0.3 is 0 Å². The maximum atomic E-state index is 5.21. The molecule has 1 aliphatic heterocycles. The van der Waals surface area contributed by atoms with Crippen LogP contribution in [0.25, 0.3) is 33.5 Å². The van der Waals surface area contributed by atoms with E-state index in [2.05, 4.69) is 112 Å². The molecule has 2 heterocycles. The van der Waals surface area contributed by atoms with Gasteiger partial charge in [0.25, 0.3) is 0 Å². The molecule has 1 unspecified atom stereocenters. The number of aryl methyl sites for hydroxylation is 1. The highest BCUT2D eigenvalue weighted by atomic mass is 32.2. The van der Waals surface area contributed by atoms with Gasteiger partial charge in [0.2, 0.25) is 0 Å². The first-order valence-corrected chi connectivity index (χ1v) is 15.8. The number of rotatable bonds is 6. The highest BCUT2D eigenvalue weighted by Gasteiger charge is 2.14. The Labute approximate surface area is 251 Å². The average molecular weight is 561 g/mol. The Bertz CT molecular complexity index is 1510. The van der Waals surface area contributed by atoms with Crippen LogP contribution in [0, 0.1) is 12.8 Å². The molecule has 2 aromatic carbocycles. The molecule has 4 rings (SSSR count). The van der Waals surface area contributed by atoms with Crippen molar-refractivity contribution in [2.24, 2.45) is 5.92 Å². The predicted octanol–water partition coefficient (Wildman–Crippen LogP) is 11.0. The van der Waals surface area contributed by atoms with Gasteiger partial charge in [-0.15, -0.1) is 0 Å². The lowest BCUT2D eigenvalue weighted by atomic mass is 9.96. The number of thioether (sulfide) groups is 1. The quantitative estimate of drug-likeness (QED) is 0.170. The summed E-state index contributed by atoms with van der Waals surface area (Å²) in [5, 5.41) is 2.34. The molecule has 1 aromatic heterocycles. The summed E-state index contributed by atoms with van der Waals surface area (Å²) < 4.78 is 0. The highest BCUT2D eigenvalue weighted by Crippen LogP contribution is 2.32. The highest BCUT2D eigenvalue weighted by molar-refractivity contribution is 7.99. The largest absolute Gasteiger partial charge is 0.252 e. The molecule has 3 heteroatoms. The minimum atomic E-state index is 0.550.